The highest BCUT2D eigenvalue weighted by molar-refractivity contribution is 5.69. The summed E-state index contributed by atoms with van der Waals surface area (Å²) in [5.74, 6) is -0.204. The number of aliphatic hydroxyl groups is 1. The van der Waals surface area contributed by atoms with E-state index in [1.807, 2.05) is 7.05 Å². The van der Waals surface area contributed by atoms with Gasteiger partial charge in [0, 0.05) is 19.5 Å². The summed E-state index contributed by atoms with van der Waals surface area (Å²) >= 11 is 0. The second kappa shape index (κ2) is 5.47. The van der Waals surface area contributed by atoms with Crippen molar-refractivity contribution < 1.29 is 14.6 Å². The lowest BCUT2D eigenvalue weighted by molar-refractivity contribution is -0.145. The molecule has 0 radical (unpaired) electrons. The molecule has 0 aromatic heterocycles. The predicted octanol–water partition coefficient (Wildman–Crippen LogP) is 0.786. The minimum atomic E-state index is -0.654. The molecule has 0 bridgehead atoms. The van der Waals surface area contributed by atoms with Crippen LogP contribution < -0.4 is 0 Å². The molecule has 1 heterocycles. The highest BCUT2D eigenvalue weighted by Crippen LogP contribution is 2.26. The minimum Gasteiger partial charge on any atom is -0.466 e. The summed E-state index contributed by atoms with van der Waals surface area (Å²) in [5, 5.41) is 10.2. The molecule has 0 aliphatic carbocycles. The summed E-state index contributed by atoms with van der Waals surface area (Å²) in [5.41, 5.74) is -0.654. The maximum Gasteiger partial charge on any atom is 0.305 e. The predicted molar refractivity (Wildman–Crippen MR) is 57.5 cm³/mol. The Kier molecular flexibility index (Phi) is 4.54. The van der Waals surface area contributed by atoms with Crippen LogP contribution in [-0.4, -0.2) is 48.3 Å². The van der Waals surface area contributed by atoms with Crippen molar-refractivity contribution in [1.82, 2.24) is 4.90 Å². The fourth-order valence-electron chi connectivity index (χ4n) is 1.85. The van der Waals surface area contributed by atoms with Crippen LogP contribution >= 0.6 is 0 Å². The van der Waals surface area contributed by atoms with Crippen molar-refractivity contribution in [2.24, 2.45) is 0 Å². The number of likely N-dealkylation sites (tertiary alicyclic amines) is 1. The van der Waals surface area contributed by atoms with E-state index in [2.05, 4.69) is 4.90 Å². The normalized spacial score (nSPS) is 21.3. The fourth-order valence-corrected chi connectivity index (χ4v) is 1.85. The first kappa shape index (κ1) is 12.5. The van der Waals surface area contributed by atoms with E-state index < -0.39 is 5.60 Å². The van der Waals surface area contributed by atoms with Crippen LogP contribution in [0.3, 0.4) is 0 Å². The van der Waals surface area contributed by atoms with Crippen molar-refractivity contribution >= 4 is 5.97 Å². The number of nitrogens with zero attached hydrogens (tertiary/aromatic N) is 1. The van der Waals surface area contributed by atoms with Crippen LogP contribution in [0.4, 0.5) is 0 Å². The Balaban J connectivity index is 2.27. The zero-order chi connectivity index (χ0) is 11.3. The SMILES string of the molecule is CCOC(=O)CCC1(O)CCN(C)CC1. The van der Waals surface area contributed by atoms with Crippen LogP contribution in [0.1, 0.15) is 32.6 Å². The van der Waals surface area contributed by atoms with E-state index in [1.54, 1.807) is 6.92 Å². The van der Waals surface area contributed by atoms with Crippen molar-refractivity contribution in [3.8, 4) is 0 Å². The molecule has 0 aromatic carbocycles. The Bertz CT molecular complexity index is 210. The van der Waals surface area contributed by atoms with Gasteiger partial charge in [-0.2, -0.15) is 0 Å². The third kappa shape index (κ3) is 4.18. The zero-order valence-corrected chi connectivity index (χ0v) is 9.66. The summed E-state index contributed by atoms with van der Waals surface area (Å²) in [4.78, 5) is 13.3. The molecule has 4 heteroatoms. The first-order valence-corrected chi connectivity index (χ1v) is 5.62. The number of rotatable bonds is 4. The van der Waals surface area contributed by atoms with Crippen molar-refractivity contribution in [1.29, 1.82) is 0 Å². The molecule has 0 spiro atoms. The lowest BCUT2D eigenvalue weighted by Crippen LogP contribution is -2.43. The van der Waals surface area contributed by atoms with Crippen LogP contribution in [0.5, 0.6) is 0 Å². The molecule has 1 fully saturated rings. The monoisotopic (exact) mass is 215 g/mol. The molecule has 1 saturated heterocycles. The maximum atomic E-state index is 11.1. The largest absolute Gasteiger partial charge is 0.466 e. The number of esters is 1. The van der Waals surface area contributed by atoms with Gasteiger partial charge in [-0.25, -0.2) is 0 Å². The maximum absolute atomic E-state index is 11.1. The molecular formula is C11H21NO3. The van der Waals surface area contributed by atoms with E-state index in [9.17, 15) is 9.90 Å². The Morgan fingerprint density at radius 3 is 2.60 bits per heavy atom. The molecule has 0 amide bonds. The molecule has 0 unspecified atom stereocenters. The Morgan fingerprint density at radius 1 is 1.47 bits per heavy atom. The summed E-state index contributed by atoms with van der Waals surface area (Å²) in [6.07, 6.45) is 2.36. The Hall–Kier alpha value is -0.610. The van der Waals surface area contributed by atoms with Gasteiger partial charge in [0.05, 0.1) is 12.2 Å². The molecule has 1 N–H and O–H groups in total. The van der Waals surface area contributed by atoms with E-state index in [0.717, 1.165) is 25.9 Å². The average molecular weight is 215 g/mol. The van der Waals surface area contributed by atoms with Crippen LogP contribution in [-0.2, 0) is 9.53 Å². The molecule has 0 aromatic rings. The van der Waals surface area contributed by atoms with Gasteiger partial charge in [0.15, 0.2) is 0 Å². The highest BCUT2D eigenvalue weighted by atomic mass is 16.5. The van der Waals surface area contributed by atoms with Gasteiger partial charge in [0.2, 0.25) is 0 Å². The third-order valence-corrected chi connectivity index (χ3v) is 3.02. The second-order valence-corrected chi connectivity index (χ2v) is 4.33. The second-order valence-electron chi connectivity index (χ2n) is 4.33. The Morgan fingerprint density at radius 2 is 2.07 bits per heavy atom. The van der Waals surface area contributed by atoms with Gasteiger partial charge in [-0.1, -0.05) is 0 Å². The van der Waals surface area contributed by atoms with Crippen molar-refractivity contribution in [2.75, 3.05) is 26.7 Å². The van der Waals surface area contributed by atoms with E-state index >= 15 is 0 Å². The summed E-state index contributed by atoms with van der Waals surface area (Å²) in [7, 11) is 2.05. The number of piperidine rings is 1. The Labute approximate surface area is 91.2 Å². The first-order chi connectivity index (χ1) is 7.06. The van der Waals surface area contributed by atoms with Gasteiger partial charge < -0.3 is 14.7 Å². The number of hydrogen-bond acceptors (Lipinski definition) is 4. The average Bonchev–Trinajstić information content (AvgIpc) is 2.21. The van der Waals surface area contributed by atoms with Crippen molar-refractivity contribution in [2.45, 2.75) is 38.2 Å². The van der Waals surface area contributed by atoms with Crippen molar-refractivity contribution in [3.05, 3.63) is 0 Å². The summed E-state index contributed by atoms with van der Waals surface area (Å²) in [6, 6.07) is 0. The molecule has 1 aliphatic heterocycles. The zero-order valence-electron chi connectivity index (χ0n) is 9.66. The van der Waals surface area contributed by atoms with Gasteiger partial charge in [0.25, 0.3) is 0 Å². The van der Waals surface area contributed by atoms with Crippen LogP contribution in [0.15, 0.2) is 0 Å². The van der Waals surface area contributed by atoms with Crippen molar-refractivity contribution in [3.63, 3.8) is 0 Å². The lowest BCUT2D eigenvalue weighted by atomic mass is 9.87. The molecule has 4 nitrogen and oxygen atoms in total. The summed E-state index contributed by atoms with van der Waals surface area (Å²) in [6.45, 7) is 4.01. The molecule has 0 saturated carbocycles. The number of hydrogen-bond donors (Lipinski definition) is 1. The van der Waals surface area contributed by atoms with E-state index in [1.165, 1.54) is 0 Å². The molecule has 88 valence electrons. The number of carbonyl (C=O) groups is 1. The van der Waals surface area contributed by atoms with Crippen LogP contribution in [0, 0.1) is 0 Å². The topological polar surface area (TPSA) is 49.8 Å². The van der Waals surface area contributed by atoms with Gasteiger partial charge in [-0.15, -0.1) is 0 Å². The number of ether oxygens (including phenoxy) is 1. The summed E-state index contributed by atoms with van der Waals surface area (Å²) < 4.78 is 4.84. The quantitative estimate of drug-likeness (QED) is 0.704. The molecule has 15 heavy (non-hydrogen) atoms. The minimum absolute atomic E-state index is 0.204. The standard InChI is InChI=1S/C11H21NO3/c1-3-15-10(13)4-5-11(14)6-8-12(2)9-7-11/h14H,3-9H2,1-2H3. The van der Waals surface area contributed by atoms with Gasteiger partial charge in [-0.3, -0.25) is 4.79 Å². The molecule has 1 aliphatic rings. The van der Waals surface area contributed by atoms with E-state index in [0.29, 0.717) is 19.4 Å². The first-order valence-electron chi connectivity index (χ1n) is 5.62. The van der Waals surface area contributed by atoms with Crippen LogP contribution in [0.2, 0.25) is 0 Å². The molecular weight excluding hydrogens is 194 g/mol. The van der Waals surface area contributed by atoms with Gasteiger partial charge in [-0.05, 0) is 33.2 Å². The number of carbonyl (C=O) groups excluding carboxylic acids is 1. The molecule has 0 atom stereocenters. The van der Waals surface area contributed by atoms with E-state index in [4.69, 9.17) is 4.74 Å². The van der Waals surface area contributed by atoms with Crippen LogP contribution in [0.25, 0.3) is 0 Å². The fraction of sp³-hybridized carbons (Fsp3) is 0.909. The van der Waals surface area contributed by atoms with Gasteiger partial charge in [0.1, 0.15) is 0 Å². The smallest absolute Gasteiger partial charge is 0.305 e. The van der Waals surface area contributed by atoms with E-state index in [-0.39, 0.29) is 5.97 Å². The highest BCUT2D eigenvalue weighted by Gasteiger charge is 2.31. The third-order valence-electron chi connectivity index (χ3n) is 3.02. The lowest BCUT2D eigenvalue weighted by Gasteiger charge is -2.36. The molecule has 1 rings (SSSR count). The van der Waals surface area contributed by atoms with Gasteiger partial charge >= 0.3 is 5.97 Å².